The Bertz CT molecular complexity index is 870. The van der Waals surface area contributed by atoms with Gasteiger partial charge in [0.1, 0.15) is 11.6 Å². The number of nitrogens with zero attached hydrogens (tertiary/aromatic N) is 3. The number of para-hydroxylation sites is 2. The van der Waals surface area contributed by atoms with E-state index in [1.807, 2.05) is 12.1 Å². The van der Waals surface area contributed by atoms with E-state index in [4.69, 9.17) is 9.72 Å². The van der Waals surface area contributed by atoms with Gasteiger partial charge in [-0.05, 0) is 50.2 Å². The number of likely N-dealkylation sites (tertiary alicyclic amines) is 1. The highest BCUT2D eigenvalue weighted by molar-refractivity contribution is 5.80. The largest absolute Gasteiger partial charge is 0.497 e. The summed E-state index contributed by atoms with van der Waals surface area (Å²) in [5, 5.41) is 0. The van der Waals surface area contributed by atoms with Gasteiger partial charge in [-0.2, -0.15) is 0 Å². The van der Waals surface area contributed by atoms with E-state index in [2.05, 4.69) is 52.8 Å². The number of aromatic nitrogens is 2. The molecule has 3 aromatic rings. The second-order valence-corrected chi connectivity index (χ2v) is 6.69. The van der Waals surface area contributed by atoms with Crippen molar-refractivity contribution >= 4 is 11.0 Å². The van der Waals surface area contributed by atoms with E-state index in [1.54, 1.807) is 7.11 Å². The molecular formula is C21H25N3O. The van der Waals surface area contributed by atoms with Gasteiger partial charge in [0.15, 0.2) is 0 Å². The maximum Gasteiger partial charge on any atom is 0.141 e. The van der Waals surface area contributed by atoms with Crippen molar-refractivity contribution in [3.63, 3.8) is 0 Å². The van der Waals surface area contributed by atoms with Crippen LogP contribution in [0.1, 0.15) is 19.8 Å². The Morgan fingerprint density at radius 1 is 1.16 bits per heavy atom. The minimum Gasteiger partial charge on any atom is -0.497 e. The average Bonchev–Trinajstić information content (AvgIpc) is 3.27. The minimum atomic E-state index is 0.590. The first-order valence-corrected chi connectivity index (χ1v) is 9.14. The Kier molecular flexibility index (Phi) is 4.45. The number of benzene rings is 2. The molecule has 0 aliphatic carbocycles. The summed E-state index contributed by atoms with van der Waals surface area (Å²) in [6.45, 7) is 5.57. The number of methoxy groups -OCH3 is 1. The van der Waals surface area contributed by atoms with Crippen molar-refractivity contribution in [3.8, 4) is 17.1 Å². The van der Waals surface area contributed by atoms with Crippen molar-refractivity contribution in [2.24, 2.45) is 0 Å². The number of rotatable bonds is 5. The second kappa shape index (κ2) is 6.89. The van der Waals surface area contributed by atoms with Gasteiger partial charge in [-0.1, -0.05) is 31.2 Å². The lowest BCUT2D eigenvalue weighted by atomic mass is 10.1. The van der Waals surface area contributed by atoms with Crippen molar-refractivity contribution in [2.45, 2.75) is 32.4 Å². The molecule has 1 saturated heterocycles. The van der Waals surface area contributed by atoms with Gasteiger partial charge in [-0.3, -0.25) is 4.90 Å². The molecular weight excluding hydrogens is 310 g/mol. The monoisotopic (exact) mass is 335 g/mol. The molecule has 0 bridgehead atoms. The normalized spacial score (nSPS) is 18.1. The molecule has 1 atom stereocenters. The standard InChI is InChI=1S/C21H25N3O/c1-3-23-13-7-9-17(23)15-24-20-12-5-4-11-19(20)22-21(24)16-8-6-10-18(14-16)25-2/h4-6,8,10-12,14,17H,3,7,9,13,15H2,1-2H3/t17-/m1/s1. The highest BCUT2D eigenvalue weighted by Crippen LogP contribution is 2.29. The first kappa shape index (κ1) is 16.2. The Hall–Kier alpha value is -2.33. The molecule has 130 valence electrons. The van der Waals surface area contributed by atoms with E-state index in [9.17, 15) is 0 Å². The summed E-state index contributed by atoms with van der Waals surface area (Å²) in [6.07, 6.45) is 2.55. The van der Waals surface area contributed by atoms with Crippen LogP contribution in [0.5, 0.6) is 5.75 Å². The number of ether oxygens (including phenoxy) is 1. The molecule has 25 heavy (non-hydrogen) atoms. The van der Waals surface area contributed by atoms with Crippen molar-refractivity contribution in [1.82, 2.24) is 14.5 Å². The van der Waals surface area contributed by atoms with Crippen LogP contribution in [0.3, 0.4) is 0 Å². The summed E-state index contributed by atoms with van der Waals surface area (Å²) in [5.74, 6) is 1.90. The molecule has 1 aliphatic heterocycles. The molecule has 4 rings (SSSR count). The summed E-state index contributed by atoms with van der Waals surface area (Å²) in [7, 11) is 1.71. The summed E-state index contributed by atoms with van der Waals surface area (Å²) in [6, 6.07) is 17.2. The lowest BCUT2D eigenvalue weighted by molar-refractivity contribution is 0.246. The van der Waals surface area contributed by atoms with Crippen LogP contribution < -0.4 is 4.74 Å². The van der Waals surface area contributed by atoms with E-state index in [0.717, 1.165) is 35.7 Å². The fourth-order valence-electron chi connectivity index (χ4n) is 3.97. The highest BCUT2D eigenvalue weighted by Gasteiger charge is 2.25. The Labute approximate surface area is 149 Å². The fourth-order valence-corrected chi connectivity index (χ4v) is 3.97. The zero-order valence-corrected chi connectivity index (χ0v) is 15.0. The smallest absolute Gasteiger partial charge is 0.141 e. The maximum absolute atomic E-state index is 5.41. The Morgan fingerprint density at radius 3 is 2.88 bits per heavy atom. The molecule has 0 saturated carbocycles. The summed E-state index contributed by atoms with van der Waals surface area (Å²) in [4.78, 5) is 7.53. The third kappa shape index (κ3) is 3.02. The molecule has 0 spiro atoms. The number of imidazole rings is 1. The van der Waals surface area contributed by atoms with Crippen LogP contribution >= 0.6 is 0 Å². The number of fused-ring (bicyclic) bond motifs is 1. The van der Waals surface area contributed by atoms with Gasteiger partial charge in [0.05, 0.1) is 18.1 Å². The SMILES string of the molecule is CCN1CCC[C@@H]1Cn1c(-c2cccc(OC)c2)nc2ccccc21. The van der Waals surface area contributed by atoms with Gasteiger partial charge in [-0.25, -0.2) is 4.98 Å². The van der Waals surface area contributed by atoms with Crippen molar-refractivity contribution in [1.29, 1.82) is 0 Å². The lowest BCUT2D eigenvalue weighted by Gasteiger charge is -2.24. The van der Waals surface area contributed by atoms with Crippen LogP contribution in [0.25, 0.3) is 22.4 Å². The summed E-state index contributed by atoms with van der Waals surface area (Å²) < 4.78 is 7.80. The lowest BCUT2D eigenvalue weighted by Crippen LogP contribution is -2.32. The first-order valence-electron chi connectivity index (χ1n) is 9.14. The highest BCUT2D eigenvalue weighted by atomic mass is 16.5. The molecule has 1 aliphatic rings. The van der Waals surface area contributed by atoms with E-state index in [0.29, 0.717) is 6.04 Å². The van der Waals surface area contributed by atoms with Crippen molar-refractivity contribution in [2.75, 3.05) is 20.2 Å². The van der Waals surface area contributed by atoms with Crippen molar-refractivity contribution < 1.29 is 4.74 Å². The van der Waals surface area contributed by atoms with Gasteiger partial charge in [0.2, 0.25) is 0 Å². The molecule has 1 fully saturated rings. The molecule has 0 radical (unpaired) electrons. The van der Waals surface area contributed by atoms with Gasteiger partial charge in [0.25, 0.3) is 0 Å². The predicted molar refractivity (Wildman–Crippen MR) is 102 cm³/mol. The molecule has 2 heterocycles. The molecule has 0 amide bonds. The maximum atomic E-state index is 5.41. The van der Waals surface area contributed by atoms with Crippen LogP contribution in [0.2, 0.25) is 0 Å². The minimum absolute atomic E-state index is 0.590. The summed E-state index contributed by atoms with van der Waals surface area (Å²) in [5.41, 5.74) is 3.38. The zero-order chi connectivity index (χ0) is 17.2. The molecule has 4 heteroatoms. The van der Waals surface area contributed by atoms with Gasteiger partial charge in [0, 0.05) is 18.2 Å². The molecule has 0 N–H and O–H groups in total. The topological polar surface area (TPSA) is 30.3 Å². The Morgan fingerprint density at radius 2 is 2.04 bits per heavy atom. The third-order valence-corrected chi connectivity index (χ3v) is 5.28. The fraction of sp³-hybridized carbons (Fsp3) is 0.381. The van der Waals surface area contributed by atoms with Crippen LogP contribution in [-0.2, 0) is 6.54 Å². The van der Waals surface area contributed by atoms with E-state index < -0.39 is 0 Å². The van der Waals surface area contributed by atoms with E-state index in [-0.39, 0.29) is 0 Å². The molecule has 2 aromatic carbocycles. The van der Waals surface area contributed by atoms with Crippen molar-refractivity contribution in [3.05, 3.63) is 48.5 Å². The molecule has 0 unspecified atom stereocenters. The zero-order valence-electron chi connectivity index (χ0n) is 15.0. The van der Waals surface area contributed by atoms with Crippen LogP contribution in [0.4, 0.5) is 0 Å². The van der Waals surface area contributed by atoms with Crippen LogP contribution in [0.15, 0.2) is 48.5 Å². The molecule has 4 nitrogen and oxygen atoms in total. The quantitative estimate of drug-likeness (QED) is 0.700. The first-order chi connectivity index (χ1) is 12.3. The summed E-state index contributed by atoms with van der Waals surface area (Å²) >= 11 is 0. The second-order valence-electron chi connectivity index (χ2n) is 6.69. The number of likely N-dealkylation sites (N-methyl/N-ethyl adjacent to an activating group) is 1. The van der Waals surface area contributed by atoms with Gasteiger partial charge >= 0.3 is 0 Å². The average molecular weight is 335 g/mol. The molecule has 1 aromatic heterocycles. The van der Waals surface area contributed by atoms with Gasteiger partial charge in [-0.15, -0.1) is 0 Å². The predicted octanol–water partition coefficient (Wildman–Crippen LogP) is 4.20. The van der Waals surface area contributed by atoms with Crippen LogP contribution in [-0.4, -0.2) is 40.7 Å². The van der Waals surface area contributed by atoms with Gasteiger partial charge < -0.3 is 9.30 Å². The van der Waals surface area contributed by atoms with E-state index >= 15 is 0 Å². The Balaban J connectivity index is 1.80. The number of hydrogen-bond donors (Lipinski definition) is 0. The number of hydrogen-bond acceptors (Lipinski definition) is 3. The van der Waals surface area contributed by atoms with Crippen LogP contribution in [0, 0.1) is 0 Å². The van der Waals surface area contributed by atoms with E-state index in [1.165, 1.54) is 24.9 Å². The third-order valence-electron chi connectivity index (χ3n) is 5.28.